The number of nitro benzene ring substituents is 1. The average molecular weight is 402 g/mol. The van der Waals surface area contributed by atoms with Crippen molar-refractivity contribution >= 4 is 15.7 Å². The van der Waals surface area contributed by atoms with Gasteiger partial charge < -0.3 is 4.52 Å². The highest BCUT2D eigenvalue weighted by molar-refractivity contribution is 7.89. The molecule has 2 aromatic carbocycles. The van der Waals surface area contributed by atoms with Gasteiger partial charge >= 0.3 is 0 Å². The largest absolute Gasteiger partial charge is 0.338 e. The van der Waals surface area contributed by atoms with Crippen molar-refractivity contribution in [1.29, 1.82) is 0 Å². The summed E-state index contributed by atoms with van der Waals surface area (Å²) < 4.78 is 32.0. The van der Waals surface area contributed by atoms with Crippen molar-refractivity contribution in [3.8, 4) is 11.4 Å². The van der Waals surface area contributed by atoms with Gasteiger partial charge in [-0.3, -0.25) is 10.1 Å². The summed E-state index contributed by atoms with van der Waals surface area (Å²) in [5.74, 6) is 0.872. The molecule has 1 aromatic heterocycles. The molecule has 0 aliphatic rings. The van der Waals surface area contributed by atoms with Crippen LogP contribution in [0.4, 0.5) is 5.69 Å². The van der Waals surface area contributed by atoms with Crippen molar-refractivity contribution in [2.45, 2.75) is 31.2 Å². The van der Waals surface area contributed by atoms with Crippen LogP contribution in [0.2, 0.25) is 0 Å². The number of hydrogen-bond donors (Lipinski definition) is 1. The van der Waals surface area contributed by atoms with Crippen LogP contribution >= 0.6 is 0 Å². The molecule has 0 saturated carbocycles. The molecule has 0 radical (unpaired) electrons. The average Bonchev–Trinajstić information content (AvgIpc) is 3.16. The third-order valence-electron chi connectivity index (χ3n) is 4.07. The highest BCUT2D eigenvalue weighted by Crippen LogP contribution is 2.21. The van der Waals surface area contributed by atoms with Gasteiger partial charge in [0.05, 0.1) is 16.4 Å². The standard InChI is InChI=1S/C18H18N4O5S/c1-12(2)13-3-5-14(6-4-13)18-20-17(27-21-18)11-19-28(25,26)16-9-7-15(8-10-16)22(23)24/h3-10,12,19H,11H2,1-2H3. The van der Waals surface area contributed by atoms with Gasteiger partial charge in [0, 0.05) is 17.7 Å². The minimum absolute atomic E-state index is 0.0953. The van der Waals surface area contributed by atoms with E-state index in [4.69, 9.17) is 4.52 Å². The minimum atomic E-state index is -3.87. The normalized spacial score (nSPS) is 11.7. The fourth-order valence-electron chi connectivity index (χ4n) is 2.45. The first-order valence-corrected chi connectivity index (χ1v) is 9.91. The van der Waals surface area contributed by atoms with E-state index in [1.165, 1.54) is 5.56 Å². The zero-order chi connectivity index (χ0) is 20.3. The van der Waals surface area contributed by atoms with E-state index in [-0.39, 0.29) is 23.0 Å². The second-order valence-corrected chi connectivity index (χ2v) is 8.13. The first-order chi connectivity index (χ1) is 13.3. The van der Waals surface area contributed by atoms with Crippen LogP contribution < -0.4 is 4.72 Å². The van der Waals surface area contributed by atoms with Gasteiger partial charge in [-0.15, -0.1) is 0 Å². The smallest absolute Gasteiger partial charge is 0.269 e. The SMILES string of the molecule is CC(C)c1ccc(-c2noc(CNS(=O)(=O)c3ccc([N+](=O)[O-])cc3)n2)cc1. The number of sulfonamides is 1. The van der Waals surface area contributed by atoms with Crippen LogP contribution in [0.5, 0.6) is 0 Å². The molecule has 28 heavy (non-hydrogen) atoms. The Labute approximate surface area is 161 Å². The van der Waals surface area contributed by atoms with Crippen LogP contribution in [0.25, 0.3) is 11.4 Å². The van der Waals surface area contributed by atoms with Crippen LogP contribution in [0.15, 0.2) is 57.9 Å². The Morgan fingerprint density at radius 1 is 1.11 bits per heavy atom. The van der Waals surface area contributed by atoms with E-state index in [9.17, 15) is 18.5 Å². The third kappa shape index (κ3) is 4.41. The maximum Gasteiger partial charge on any atom is 0.269 e. The monoisotopic (exact) mass is 402 g/mol. The molecule has 0 fully saturated rings. The molecule has 10 heteroatoms. The highest BCUT2D eigenvalue weighted by Gasteiger charge is 2.17. The Kier molecular flexibility index (Phi) is 5.52. The summed E-state index contributed by atoms with van der Waals surface area (Å²) in [5.41, 5.74) is 1.75. The summed E-state index contributed by atoms with van der Waals surface area (Å²) in [6.45, 7) is 3.99. The van der Waals surface area contributed by atoms with Gasteiger partial charge in [-0.1, -0.05) is 43.3 Å². The van der Waals surface area contributed by atoms with Gasteiger partial charge in [-0.05, 0) is 23.6 Å². The Hall–Kier alpha value is -3.11. The number of hydrogen-bond acceptors (Lipinski definition) is 7. The topological polar surface area (TPSA) is 128 Å². The van der Waals surface area contributed by atoms with Crippen LogP contribution in [-0.2, 0) is 16.6 Å². The van der Waals surface area contributed by atoms with Crippen molar-refractivity contribution in [2.24, 2.45) is 0 Å². The van der Waals surface area contributed by atoms with Gasteiger partial charge in [0.25, 0.3) is 5.69 Å². The second-order valence-electron chi connectivity index (χ2n) is 6.36. The molecule has 1 heterocycles. The number of rotatable bonds is 7. The summed E-state index contributed by atoms with van der Waals surface area (Å²) in [6, 6.07) is 12.3. The summed E-state index contributed by atoms with van der Waals surface area (Å²) in [7, 11) is -3.87. The zero-order valence-electron chi connectivity index (χ0n) is 15.2. The predicted octanol–water partition coefficient (Wildman–Crippen LogP) is 3.25. The number of benzene rings is 2. The molecule has 0 bridgehead atoms. The Morgan fingerprint density at radius 2 is 1.75 bits per heavy atom. The molecular formula is C18H18N4O5S. The number of nitro groups is 1. The maximum atomic E-state index is 12.3. The Bertz CT molecular complexity index is 1070. The van der Waals surface area contributed by atoms with E-state index >= 15 is 0 Å². The quantitative estimate of drug-likeness (QED) is 0.474. The van der Waals surface area contributed by atoms with Gasteiger partial charge in [0.15, 0.2) is 0 Å². The van der Waals surface area contributed by atoms with Crippen molar-refractivity contribution in [2.75, 3.05) is 0 Å². The van der Waals surface area contributed by atoms with Crippen molar-refractivity contribution in [1.82, 2.24) is 14.9 Å². The molecule has 0 amide bonds. The Morgan fingerprint density at radius 3 is 2.32 bits per heavy atom. The van der Waals surface area contributed by atoms with Gasteiger partial charge in [-0.25, -0.2) is 13.1 Å². The number of nitrogens with one attached hydrogen (secondary N) is 1. The molecule has 3 aromatic rings. The fraction of sp³-hybridized carbons (Fsp3) is 0.222. The molecule has 3 rings (SSSR count). The lowest BCUT2D eigenvalue weighted by Gasteiger charge is -2.04. The van der Waals surface area contributed by atoms with Crippen LogP contribution in [0.3, 0.4) is 0 Å². The van der Waals surface area contributed by atoms with Gasteiger partial charge in [0.2, 0.25) is 21.7 Å². The van der Waals surface area contributed by atoms with Crippen LogP contribution in [-0.4, -0.2) is 23.5 Å². The summed E-state index contributed by atoms with van der Waals surface area (Å²) in [4.78, 5) is 14.2. The lowest BCUT2D eigenvalue weighted by atomic mass is 10.0. The van der Waals surface area contributed by atoms with Crippen molar-refractivity contribution < 1.29 is 17.9 Å². The van der Waals surface area contributed by atoms with E-state index < -0.39 is 14.9 Å². The van der Waals surface area contributed by atoms with Gasteiger partial charge in [-0.2, -0.15) is 4.98 Å². The predicted molar refractivity (Wildman–Crippen MR) is 101 cm³/mol. The minimum Gasteiger partial charge on any atom is -0.338 e. The first-order valence-electron chi connectivity index (χ1n) is 8.43. The van der Waals surface area contributed by atoms with E-state index in [0.29, 0.717) is 11.7 Å². The van der Waals surface area contributed by atoms with Gasteiger partial charge in [0.1, 0.15) is 0 Å². The number of nitrogens with zero attached hydrogens (tertiary/aromatic N) is 3. The van der Waals surface area contributed by atoms with E-state index in [1.807, 2.05) is 24.3 Å². The van der Waals surface area contributed by atoms with Crippen LogP contribution in [0, 0.1) is 10.1 Å². The highest BCUT2D eigenvalue weighted by atomic mass is 32.2. The molecular weight excluding hydrogens is 384 g/mol. The molecule has 0 atom stereocenters. The molecule has 0 saturated heterocycles. The summed E-state index contributed by atoms with van der Waals surface area (Å²) in [5, 5.41) is 14.5. The molecule has 0 aliphatic carbocycles. The second kappa shape index (κ2) is 7.87. The van der Waals surface area contributed by atoms with Crippen LogP contribution in [0.1, 0.15) is 31.2 Å². The zero-order valence-corrected chi connectivity index (χ0v) is 16.0. The lowest BCUT2D eigenvalue weighted by Crippen LogP contribution is -2.23. The molecule has 0 aliphatic heterocycles. The number of aromatic nitrogens is 2. The lowest BCUT2D eigenvalue weighted by molar-refractivity contribution is -0.384. The summed E-state index contributed by atoms with van der Waals surface area (Å²) in [6.07, 6.45) is 0. The molecule has 0 unspecified atom stereocenters. The number of non-ortho nitro benzene ring substituents is 1. The first kappa shape index (κ1) is 19.6. The molecule has 9 nitrogen and oxygen atoms in total. The molecule has 1 N–H and O–H groups in total. The molecule has 146 valence electrons. The van der Waals surface area contributed by atoms with E-state index in [2.05, 4.69) is 28.7 Å². The van der Waals surface area contributed by atoms with Crippen molar-refractivity contribution in [3.05, 3.63) is 70.1 Å². The third-order valence-corrected chi connectivity index (χ3v) is 5.49. The molecule has 0 spiro atoms. The van der Waals surface area contributed by atoms with E-state index in [1.54, 1.807) is 0 Å². The fourth-order valence-corrected chi connectivity index (χ4v) is 3.42. The Balaban J connectivity index is 1.68. The maximum absolute atomic E-state index is 12.3. The summed E-state index contributed by atoms with van der Waals surface area (Å²) >= 11 is 0. The van der Waals surface area contributed by atoms with Crippen molar-refractivity contribution in [3.63, 3.8) is 0 Å². The van der Waals surface area contributed by atoms with E-state index in [0.717, 1.165) is 29.8 Å².